The second kappa shape index (κ2) is 10.4. The number of amides is 4. The van der Waals surface area contributed by atoms with Crippen LogP contribution in [0.15, 0.2) is 54.6 Å². The number of rotatable bonds is 5. The van der Waals surface area contributed by atoms with Crippen molar-refractivity contribution in [1.82, 2.24) is 15.1 Å². The Hall–Kier alpha value is -4.24. The molecule has 1 N–H and O–H groups in total. The van der Waals surface area contributed by atoms with E-state index in [1.54, 1.807) is 4.90 Å². The SMILES string of the molecule is CC(C)(C)OC(=O)N1CCN(Cc2ccc(Cc3ccc4c5c(cccc35)C(=O)N4C3CCC(=O)NC3=O)cc2)C2(CC2)C1. The molecule has 3 fully saturated rings. The second-order valence-corrected chi connectivity index (χ2v) is 13.7. The molecule has 0 aromatic heterocycles. The molecule has 228 valence electrons. The molecule has 44 heavy (non-hydrogen) atoms. The molecule has 3 heterocycles. The molecule has 1 atom stereocenters. The van der Waals surface area contributed by atoms with Crippen molar-refractivity contribution >= 4 is 40.3 Å². The van der Waals surface area contributed by atoms with Gasteiger partial charge in [-0.05, 0) is 80.7 Å². The zero-order valence-electron chi connectivity index (χ0n) is 25.5. The summed E-state index contributed by atoms with van der Waals surface area (Å²) in [5, 5.41) is 4.26. The molecule has 3 aliphatic heterocycles. The summed E-state index contributed by atoms with van der Waals surface area (Å²) < 4.78 is 5.63. The maximum Gasteiger partial charge on any atom is 0.410 e. The summed E-state index contributed by atoms with van der Waals surface area (Å²) in [5.74, 6) is -0.908. The topological polar surface area (TPSA) is 99.3 Å². The van der Waals surface area contributed by atoms with Crippen LogP contribution in [-0.2, 0) is 27.3 Å². The number of nitrogens with one attached hydrogen (secondary N) is 1. The Morgan fingerprint density at radius 1 is 0.977 bits per heavy atom. The predicted octanol–water partition coefficient (Wildman–Crippen LogP) is 4.78. The number of anilines is 1. The molecule has 3 aromatic carbocycles. The molecule has 1 saturated carbocycles. The highest BCUT2D eigenvalue weighted by Crippen LogP contribution is 2.45. The quantitative estimate of drug-likeness (QED) is 0.427. The molecular formula is C35H38N4O5. The highest BCUT2D eigenvalue weighted by Gasteiger charge is 2.52. The maximum absolute atomic E-state index is 13.5. The van der Waals surface area contributed by atoms with E-state index < -0.39 is 17.6 Å². The molecule has 0 radical (unpaired) electrons. The standard InChI is InChI=1S/C35H38N4O5/c1-34(2,3)44-33(43)37-17-18-38(35(21-37)15-16-35)20-23-9-7-22(8-10-23)19-24-11-12-27-30-25(24)5-4-6-26(30)32(42)39(27)28-13-14-29(40)36-31(28)41/h4-12,28H,13-21H2,1-3H3,(H,36,40,41). The van der Waals surface area contributed by atoms with E-state index >= 15 is 0 Å². The summed E-state index contributed by atoms with van der Waals surface area (Å²) >= 11 is 0. The van der Waals surface area contributed by atoms with Gasteiger partial charge >= 0.3 is 6.09 Å². The zero-order chi connectivity index (χ0) is 30.8. The van der Waals surface area contributed by atoms with Crippen molar-refractivity contribution in [2.75, 3.05) is 24.5 Å². The van der Waals surface area contributed by atoms with Gasteiger partial charge in [-0.15, -0.1) is 0 Å². The minimum Gasteiger partial charge on any atom is -0.444 e. The molecule has 2 saturated heterocycles. The van der Waals surface area contributed by atoms with Crippen LogP contribution in [0, 0.1) is 0 Å². The summed E-state index contributed by atoms with van der Waals surface area (Å²) in [6, 6.07) is 17.8. The number of carbonyl (C=O) groups excluding carboxylic acids is 4. The van der Waals surface area contributed by atoms with E-state index in [9.17, 15) is 19.2 Å². The number of ether oxygens (including phenoxy) is 1. The summed E-state index contributed by atoms with van der Waals surface area (Å²) in [7, 11) is 0. The molecule has 9 heteroatoms. The van der Waals surface area contributed by atoms with Gasteiger partial charge in [-0.2, -0.15) is 0 Å². The number of carbonyl (C=O) groups is 4. The van der Waals surface area contributed by atoms with Gasteiger partial charge in [0.2, 0.25) is 11.8 Å². The second-order valence-electron chi connectivity index (χ2n) is 13.7. The van der Waals surface area contributed by atoms with E-state index in [4.69, 9.17) is 4.74 Å². The van der Waals surface area contributed by atoms with Crippen molar-refractivity contribution < 1.29 is 23.9 Å². The number of piperazine rings is 1. The van der Waals surface area contributed by atoms with Gasteiger partial charge in [0.05, 0.1) is 5.69 Å². The zero-order valence-corrected chi connectivity index (χ0v) is 25.5. The molecule has 3 aromatic rings. The van der Waals surface area contributed by atoms with Gasteiger partial charge in [0.25, 0.3) is 5.91 Å². The lowest BCUT2D eigenvalue weighted by Gasteiger charge is -2.42. The fraction of sp³-hybridized carbons (Fsp3) is 0.429. The van der Waals surface area contributed by atoms with Crippen molar-refractivity contribution in [3.8, 4) is 0 Å². The van der Waals surface area contributed by atoms with Crippen molar-refractivity contribution in [2.24, 2.45) is 0 Å². The first-order valence-electron chi connectivity index (χ1n) is 15.5. The van der Waals surface area contributed by atoms with Crippen LogP contribution in [0.5, 0.6) is 0 Å². The maximum atomic E-state index is 13.5. The highest BCUT2D eigenvalue weighted by atomic mass is 16.6. The third-order valence-corrected chi connectivity index (χ3v) is 9.41. The Labute approximate surface area is 257 Å². The number of benzene rings is 3. The summed E-state index contributed by atoms with van der Waals surface area (Å²) in [4.78, 5) is 56.5. The predicted molar refractivity (Wildman–Crippen MR) is 166 cm³/mol. The summed E-state index contributed by atoms with van der Waals surface area (Å²) in [5.41, 5.74) is 4.43. The van der Waals surface area contributed by atoms with Gasteiger partial charge in [0.1, 0.15) is 11.6 Å². The first-order valence-corrected chi connectivity index (χ1v) is 15.5. The smallest absolute Gasteiger partial charge is 0.410 e. The van der Waals surface area contributed by atoms with E-state index in [0.29, 0.717) is 31.5 Å². The molecule has 1 spiro atoms. The highest BCUT2D eigenvalue weighted by molar-refractivity contribution is 6.27. The number of hydrogen-bond donors (Lipinski definition) is 1. The Morgan fingerprint density at radius 3 is 2.43 bits per heavy atom. The normalized spacial score (nSPS) is 21.2. The van der Waals surface area contributed by atoms with E-state index in [1.165, 1.54) is 11.1 Å². The van der Waals surface area contributed by atoms with Gasteiger partial charge in [-0.25, -0.2) is 4.79 Å². The Balaban J connectivity index is 1.05. The van der Waals surface area contributed by atoms with Crippen molar-refractivity contribution in [3.05, 3.63) is 76.9 Å². The minimum absolute atomic E-state index is 0.0532. The lowest BCUT2D eigenvalue weighted by Crippen LogP contribution is -2.56. The number of nitrogens with zero attached hydrogens (tertiary/aromatic N) is 3. The number of hydrogen-bond acceptors (Lipinski definition) is 6. The van der Waals surface area contributed by atoms with Crippen LogP contribution in [0.25, 0.3) is 10.8 Å². The first-order chi connectivity index (χ1) is 21.0. The lowest BCUT2D eigenvalue weighted by molar-refractivity contribution is -0.134. The molecule has 4 aliphatic rings. The van der Waals surface area contributed by atoms with E-state index in [2.05, 4.69) is 34.5 Å². The minimum atomic E-state index is -0.691. The molecule has 1 aliphatic carbocycles. The Bertz CT molecular complexity index is 1690. The van der Waals surface area contributed by atoms with Crippen LogP contribution in [0.4, 0.5) is 10.5 Å². The first kappa shape index (κ1) is 28.5. The number of piperidine rings is 1. The summed E-state index contributed by atoms with van der Waals surface area (Å²) in [6.45, 7) is 8.78. The largest absolute Gasteiger partial charge is 0.444 e. The van der Waals surface area contributed by atoms with E-state index in [0.717, 1.165) is 48.0 Å². The third kappa shape index (κ3) is 5.13. The molecule has 7 rings (SSSR count). The van der Waals surface area contributed by atoms with Gasteiger partial charge in [-0.1, -0.05) is 42.5 Å². The van der Waals surface area contributed by atoms with Crippen LogP contribution in [0.2, 0.25) is 0 Å². The van der Waals surface area contributed by atoms with Gasteiger partial charge in [-0.3, -0.25) is 29.5 Å². The van der Waals surface area contributed by atoms with Crippen molar-refractivity contribution in [1.29, 1.82) is 0 Å². The van der Waals surface area contributed by atoms with Crippen molar-refractivity contribution in [2.45, 2.75) is 76.6 Å². The fourth-order valence-electron chi connectivity index (χ4n) is 7.02. The molecule has 9 nitrogen and oxygen atoms in total. The third-order valence-electron chi connectivity index (χ3n) is 9.41. The van der Waals surface area contributed by atoms with Crippen LogP contribution in [0.1, 0.15) is 73.5 Å². The molecule has 4 amide bonds. The van der Waals surface area contributed by atoms with Crippen molar-refractivity contribution in [3.63, 3.8) is 0 Å². The van der Waals surface area contributed by atoms with Crippen LogP contribution < -0.4 is 10.2 Å². The molecule has 0 bridgehead atoms. The van der Waals surface area contributed by atoms with E-state index in [-0.39, 0.29) is 29.9 Å². The molecule has 1 unspecified atom stereocenters. The Morgan fingerprint density at radius 2 is 1.73 bits per heavy atom. The number of imide groups is 1. The van der Waals surface area contributed by atoms with E-state index in [1.807, 2.05) is 56.0 Å². The van der Waals surface area contributed by atoms with Gasteiger partial charge < -0.3 is 9.64 Å². The lowest BCUT2D eigenvalue weighted by atomic mass is 9.95. The summed E-state index contributed by atoms with van der Waals surface area (Å²) in [6.07, 6.45) is 3.23. The monoisotopic (exact) mass is 594 g/mol. The van der Waals surface area contributed by atoms with Gasteiger partial charge in [0.15, 0.2) is 0 Å². The fourth-order valence-corrected chi connectivity index (χ4v) is 7.02. The molecular weight excluding hydrogens is 556 g/mol. The average molecular weight is 595 g/mol. The Kier molecular flexibility index (Phi) is 6.77. The van der Waals surface area contributed by atoms with Crippen LogP contribution >= 0.6 is 0 Å². The van der Waals surface area contributed by atoms with Crippen LogP contribution in [0.3, 0.4) is 0 Å². The average Bonchev–Trinajstić information content (AvgIpc) is 3.69. The van der Waals surface area contributed by atoms with Crippen LogP contribution in [-0.4, -0.2) is 70.4 Å². The van der Waals surface area contributed by atoms with Gasteiger partial charge in [0, 0.05) is 49.1 Å².